The second-order valence-electron chi connectivity index (χ2n) is 9.88. The zero-order chi connectivity index (χ0) is 30.4. The fourth-order valence-electron chi connectivity index (χ4n) is 4.80. The molecule has 2 heterocycles. The average Bonchev–Trinajstić information content (AvgIpc) is 2.90. The van der Waals surface area contributed by atoms with E-state index in [2.05, 4.69) is 5.32 Å². The average molecular weight is 586 g/mol. The van der Waals surface area contributed by atoms with Crippen LogP contribution in [0.4, 0.5) is 0 Å². The number of Topliss-reactive ketones (excluding diaryl/α,β-unsaturated/α-hetero) is 1. The van der Waals surface area contributed by atoms with Crippen molar-refractivity contribution in [2.45, 2.75) is 99.1 Å². The number of hydrogen-bond acceptors (Lipinski definition) is 15. The highest BCUT2D eigenvalue weighted by atomic mass is 16.7. The van der Waals surface area contributed by atoms with E-state index in [-0.39, 0.29) is 12.8 Å². The van der Waals surface area contributed by atoms with Gasteiger partial charge in [0.25, 0.3) is 5.79 Å². The molecule has 1 unspecified atom stereocenters. The lowest BCUT2D eigenvalue weighted by Gasteiger charge is -2.47. The van der Waals surface area contributed by atoms with Gasteiger partial charge < -0.3 is 70.2 Å². The van der Waals surface area contributed by atoms with Crippen molar-refractivity contribution in [2.75, 3.05) is 26.9 Å². The van der Waals surface area contributed by atoms with Crippen molar-refractivity contribution in [1.82, 2.24) is 5.32 Å². The summed E-state index contributed by atoms with van der Waals surface area (Å²) in [6.45, 7) is -1.12. The summed E-state index contributed by atoms with van der Waals surface area (Å²) in [6, 6.07) is -1.37. The number of carboxylic acid groups (broad SMARTS) is 1. The minimum atomic E-state index is -2.58. The molecule has 0 aromatic rings. The number of carbonyl (C=O) groups is 3. The van der Waals surface area contributed by atoms with Gasteiger partial charge >= 0.3 is 5.97 Å². The molecular weight excluding hydrogens is 546 g/mol. The Morgan fingerprint density at radius 3 is 2.33 bits per heavy atom. The van der Waals surface area contributed by atoms with Gasteiger partial charge in [0.15, 0.2) is 6.29 Å². The van der Waals surface area contributed by atoms with Crippen LogP contribution in [0.2, 0.25) is 0 Å². The summed E-state index contributed by atoms with van der Waals surface area (Å²) in [6.07, 6.45) is -15.6. The Hall–Kier alpha value is -1.87. The zero-order valence-corrected chi connectivity index (χ0v) is 22.0. The molecule has 17 nitrogen and oxygen atoms in total. The van der Waals surface area contributed by atoms with Crippen LogP contribution in [0.3, 0.4) is 0 Å². The molecule has 17 heteroatoms. The summed E-state index contributed by atoms with van der Waals surface area (Å²) >= 11 is 0. The molecule has 2 aliphatic rings. The third-order valence-electron chi connectivity index (χ3n) is 6.97. The Morgan fingerprint density at radius 1 is 1.15 bits per heavy atom. The summed E-state index contributed by atoms with van der Waals surface area (Å²) in [4.78, 5) is 36.3. The van der Waals surface area contributed by atoms with Crippen molar-refractivity contribution in [3.63, 3.8) is 0 Å². The van der Waals surface area contributed by atoms with Crippen LogP contribution >= 0.6 is 0 Å². The number of hydrogen-bond donors (Lipinski definition) is 10. The predicted molar refractivity (Wildman–Crippen MR) is 127 cm³/mol. The first-order valence-corrected chi connectivity index (χ1v) is 12.5. The first kappa shape index (κ1) is 34.3. The van der Waals surface area contributed by atoms with Crippen LogP contribution in [-0.4, -0.2) is 157 Å². The number of ether oxygens (including phenoxy) is 4. The highest BCUT2D eigenvalue weighted by Gasteiger charge is 2.57. The fourth-order valence-corrected chi connectivity index (χ4v) is 4.80. The highest BCUT2D eigenvalue weighted by molar-refractivity contribution is 5.79. The number of aliphatic carboxylic acids is 1. The smallest absolute Gasteiger partial charge is 0.364 e. The minimum Gasteiger partial charge on any atom is -0.477 e. The molecule has 2 saturated heterocycles. The Bertz CT molecular complexity index is 872. The number of amides is 1. The molecule has 0 aromatic carbocycles. The molecule has 0 aromatic heterocycles. The van der Waals surface area contributed by atoms with Gasteiger partial charge in [0.2, 0.25) is 5.91 Å². The minimum absolute atomic E-state index is 0.158. The van der Waals surface area contributed by atoms with E-state index in [0.717, 1.165) is 6.92 Å². The van der Waals surface area contributed by atoms with Crippen LogP contribution in [-0.2, 0) is 33.3 Å². The monoisotopic (exact) mass is 585 g/mol. The largest absolute Gasteiger partial charge is 0.477 e. The molecule has 2 fully saturated rings. The van der Waals surface area contributed by atoms with E-state index >= 15 is 0 Å². The van der Waals surface area contributed by atoms with Crippen LogP contribution < -0.4 is 5.32 Å². The molecule has 232 valence electrons. The Kier molecular flexibility index (Phi) is 12.3. The van der Waals surface area contributed by atoms with E-state index in [1.165, 1.54) is 7.11 Å². The SMILES string of the molecule is CO[C@@H]1O[C@@H](CO)[C@](O)(CC(=O)CCCO[C@]2(C(=O)O)C[C@H](O)[C@@H](NC(C)=O)C([C@H](O)[C@H](O)CO)O2)[C@@H](O)[C@@H]1O. The Balaban J connectivity index is 2.08. The van der Waals surface area contributed by atoms with Gasteiger partial charge in [-0.2, -0.15) is 0 Å². The molecule has 11 atom stereocenters. The number of rotatable bonds is 14. The van der Waals surface area contributed by atoms with Gasteiger partial charge in [0, 0.05) is 33.3 Å². The zero-order valence-electron chi connectivity index (χ0n) is 22.0. The van der Waals surface area contributed by atoms with Crippen molar-refractivity contribution in [1.29, 1.82) is 0 Å². The Morgan fingerprint density at radius 2 is 1.80 bits per heavy atom. The van der Waals surface area contributed by atoms with Crippen LogP contribution in [0.5, 0.6) is 0 Å². The van der Waals surface area contributed by atoms with E-state index in [4.69, 9.17) is 18.9 Å². The molecule has 0 spiro atoms. The molecule has 10 N–H and O–H groups in total. The maximum atomic E-state index is 12.6. The third kappa shape index (κ3) is 7.50. The van der Waals surface area contributed by atoms with E-state index in [1.54, 1.807) is 0 Å². The number of carboxylic acids is 1. The number of ketones is 1. The van der Waals surface area contributed by atoms with Gasteiger partial charge in [-0.05, 0) is 6.42 Å². The van der Waals surface area contributed by atoms with Gasteiger partial charge in [-0.3, -0.25) is 9.59 Å². The van der Waals surface area contributed by atoms with Gasteiger partial charge in [-0.15, -0.1) is 0 Å². The maximum Gasteiger partial charge on any atom is 0.364 e. The summed E-state index contributed by atoms with van der Waals surface area (Å²) in [5, 5.41) is 93.1. The summed E-state index contributed by atoms with van der Waals surface area (Å²) in [5.74, 6) is -5.63. The second-order valence-corrected chi connectivity index (χ2v) is 9.88. The lowest BCUT2D eigenvalue weighted by molar-refractivity contribution is -0.326. The molecule has 0 bridgehead atoms. The number of methoxy groups -OCH3 is 1. The maximum absolute atomic E-state index is 12.6. The first-order chi connectivity index (χ1) is 18.7. The number of nitrogens with one attached hydrogen (secondary N) is 1. The predicted octanol–water partition coefficient (Wildman–Crippen LogP) is -5.29. The van der Waals surface area contributed by atoms with Crippen molar-refractivity contribution in [2.24, 2.45) is 0 Å². The van der Waals surface area contributed by atoms with Crippen LogP contribution in [0.1, 0.15) is 32.6 Å². The third-order valence-corrected chi connectivity index (χ3v) is 6.97. The first-order valence-electron chi connectivity index (χ1n) is 12.5. The van der Waals surface area contributed by atoms with Gasteiger partial charge in [-0.25, -0.2) is 4.79 Å². The van der Waals surface area contributed by atoms with Crippen LogP contribution in [0, 0.1) is 0 Å². The summed E-state index contributed by atoms with van der Waals surface area (Å²) < 4.78 is 20.9. The van der Waals surface area contributed by atoms with Crippen molar-refractivity contribution in [3.8, 4) is 0 Å². The summed E-state index contributed by atoms with van der Waals surface area (Å²) in [7, 11) is 1.17. The number of aliphatic hydroxyl groups is 8. The van der Waals surface area contributed by atoms with E-state index in [0.29, 0.717) is 0 Å². The standard InChI is InChI=1S/C23H39NO16/c1-10(27)24-15-12(29)7-23(21(34)35,40-18(15)16(31)13(30)8-25)38-5-3-4-11(28)6-22(36)14(9-26)39-20(37-2)17(32)19(22)33/h12-20,25-26,29-33,36H,3-9H2,1-2H3,(H,24,27)(H,34,35)/t12-,13+,14-,15+,16+,17-,18?,19-,20+,22+,23+/m0/s1. The molecule has 0 aliphatic carbocycles. The van der Waals surface area contributed by atoms with Crippen molar-refractivity contribution >= 4 is 17.7 Å². The van der Waals surface area contributed by atoms with Crippen LogP contribution in [0.15, 0.2) is 0 Å². The van der Waals surface area contributed by atoms with Crippen molar-refractivity contribution < 1.29 is 79.3 Å². The van der Waals surface area contributed by atoms with E-state index < -0.39 is 117 Å². The fraction of sp³-hybridized carbons (Fsp3) is 0.870. The molecule has 1 amide bonds. The topological polar surface area (TPSA) is 282 Å². The quantitative estimate of drug-likeness (QED) is 0.0852. The molecule has 2 aliphatic heterocycles. The number of carbonyl (C=O) groups excluding carboxylic acids is 2. The summed E-state index contributed by atoms with van der Waals surface area (Å²) in [5.41, 5.74) is -2.37. The highest BCUT2D eigenvalue weighted by Crippen LogP contribution is 2.35. The second kappa shape index (κ2) is 14.3. The Labute approximate surface area is 228 Å². The van der Waals surface area contributed by atoms with Gasteiger partial charge in [0.05, 0.1) is 32.0 Å². The van der Waals surface area contributed by atoms with E-state index in [1.807, 2.05) is 0 Å². The molecule has 0 radical (unpaired) electrons. The van der Waals surface area contributed by atoms with E-state index in [9.17, 15) is 60.3 Å². The molecule has 40 heavy (non-hydrogen) atoms. The lowest BCUT2D eigenvalue weighted by Crippen LogP contribution is -2.68. The lowest BCUT2D eigenvalue weighted by atomic mass is 9.80. The van der Waals surface area contributed by atoms with Crippen LogP contribution in [0.25, 0.3) is 0 Å². The molecule has 2 rings (SSSR count). The number of aliphatic hydroxyl groups excluding tert-OH is 7. The van der Waals surface area contributed by atoms with Gasteiger partial charge in [0.1, 0.15) is 48.0 Å². The van der Waals surface area contributed by atoms with Gasteiger partial charge in [-0.1, -0.05) is 0 Å². The normalized spacial score (nSPS) is 37.9. The molecular formula is C23H39NO16. The molecule has 0 saturated carbocycles. The van der Waals surface area contributed by atoms with Crippen molar-refractivity contribution in [3.05, 3.63) is 0 Å².